The number of amides is 1. The molecule has 0 aromatic heterocycles. The van der Waals surface area contributed by atoms with Crippen molar-refractivity contribution in [2.24, 2.45) is 0 Å². The molecule has 0 bridgehead atoms. The van der Waals surface area contributed by atoms with Crippen LogP contribution in [0.5, 0.6) is 11.5 Å². The van der Waals surface area contributed by atoms with Crippen LogP contribution in [-0.4, -0.2) is 34.1 Å². The lowest BCUT2D eigenvalue weighted by atomic mass is 10.1. The molecule has 2 rings (SSSR count). The highest BCUT2D eigenvalue weighted by molar-refractivity contribution is 8.13. The largest absolute Gasteiger partial charge is 0.486 e. The number of nitrogens with one attached hydrogen (secondary N) is 1. The SMILES string of the molecule is CCNC(=O)c1cc(S(=O)(=O)Cl)cc2c1OCCO2. The standard InChI is InChI=1S/C11H12ClNO5S/c1-2-13-11(14)8-5-7(19(12,15)16)6-9-10(8)18-4-3-17-9/h5-6H,2-4H2,1H3,(H,13,14). The van der Waals surface area contributed by atoms with Crippen LogP contribution in [0.2, 0.25) is 0 Å². The Balaban J connectivity index is 2.59. The van der Waals surface area contributed by atoms with E-state index in [0.717, 1.165) is 0 Å². The van der Waals surface area contributed by atoms with Gasteiger partial charge in [0.1, 0.15) is 13.2 Å². The third kappa shape index (κ3) is 2.93. The molecule has 0 unspecified atom stereocenters. The quantitative estimate of drug-likeness (QED) is 0.847. The molecule has 1 heterocycles. The molecule has 0 atom stereocenters. The number of fused-ring (bicyclic) bond motifs is 1. The smallest absolute Gasteiger partial charge is 0.261 e. The lowest BCUT2D eigenvalue weighted by Crippen LogP contribution is -2.26. The van der Waals surface area contributed by atoms with Crippen molar-refractivity contribution in [1.82, 2.24) is 5.32 Å². The molecule has 0 fully saturated rings. The van der Waals surface area contributed by atoms with Gasteiger partial charge in [0.2, 0.25) is 0 Å². The number of carbonyl (C=O) groups excluding carboxylic acids is 1. The van der Waals surface area contributed by atoms with E-state index in [1.165, 1.54) is 12.1 Å². The maximum absolute atomic E-state index is 11.9. The van der Waals surface area contributed by atoms with Crippen molar-refractivity contribution >= 4 is 25.6 Å². The van der Waals surface area contributed by atoms with E-state index in [2.05, 4.69) is 5.32 Å². The van der Waals surface area contributed by atoms with E-state index in [1.807, 2.05) is 0 Å². The second-order valence-corrected chi connectivity index (χ2v) is 6.36. The van der Waals surface area contributed by atoms with E-state index in [1.54, 1.807) is 6.92 Å². The van der Waals surface area contributed by atoms with Crippen molar-refractivity contribution in [3.8, 4) is 11.5 Å². The molecule has 0 aliphatic carbocycles. The summed E-state index contributed by atoms with van der Waals surface area (Å²) < 4.78 is 33.4. The van der Waals surface area contributed by atoms with Gasteiger partial charge in [-0.1, -0.05) is 0 Å². The number of ether oxygens (including phenoxy) is 2. The van der Waals surface area contributed by atoms with Crippen LogP contribution in [0.3, 0.4) is 0 Å². The molecule has 0 spiro atoms. The van der Waals surface area contributed by atoms with E-state index in [0.29, 0.717) is 13.2 Å². The van der Waals surface area contributed by atoms with Crippen LogP contribution in [0, 0.1) is 0 Å². The minimum atomic E-state index is -3.95. The molecule has 0 saturated heterocycles. The fraction of sp³-hybridized carbons (Fsp3) is 0.364. The van der Waals surface area contributed by atoms with Gasteiger partial charge in [-0.15, -0.1) is 0 Å². The number of hydrogen-bond donors (Lipinski definition) is 1. The van der Waals surface area contributed by atoms with E-state index >= 15 is 0 Å². The normalized spacial score (nSPS) is 14.0. The van der Waals surface area contributed by atoms with Gasteiger partial charge in [0.15, 0.2) is 11.5 Å². The predicted octanol–water partition coefficient (Wildman–Crippen LogP) is 1.14. The highest BCUT2D eigenvalue weighted by Gasteiger charge is 2.25. The zero-order valence-electron chi connectivity index (χ0n) is 10.1. The third-order valence-electron chi connectivity index (χ3n) is 2.48. The van der Waals surface area contributed by atoms with Gasteiger partial charge >= 0.3 is 0 Å². The first kappa shape index (κ1) is 14.0. The summed E-state index contributed by atoms with van der Waals surface area (Å²) in [6.07, 6.45) is 0. The first-order valence-corrected chi connectivity index (χ1v) is 7.91. The van der Waals surface area contributed by atoms with Gasteiger partial charge in [-0.25, -0.2) is 8.42 Å². The molecule has 0 radical (unpaired) electrons. The predicted molar refractivity (Wildman–Crippen MR) is 68.5 cm³/mol. The number of hydrogen-bond acceptors (Lipinski definition) is 5. The van der Waals surface area contributed by atoms with Gasteiger partial charge < -0.3 is 14.8 Å². The first-order valence-electron chi connectivity index (χ1n) is 5.60. The molecule has 19 heavy (non-hydrogen) atoms. The Morgan fingerprint density at radius 2 is 2.05 bits per heavy atom. The minimum absolute atomic E-state index is 0.0956. The Morgan fingerprint density at radius 1 is 1.37 bits per heavy atom. The molecule has 1 amide bonds. The molecule has 8 heteroatoms. The lowest BCUT2D eigenvalue weighted by Gasteiger charge is -2.21. The van der Waals surface area contributed by atoms with Gasteiger partial charge in [-0.2, -0.15) is 0 Å². The van der Waals surface area contributed by atoms with Crippen LogP contribution in [0.4, 0.5) is 0 Å². The van der Waals surface area contributed by atoms with Crippen molar-refractivity contribution < 1.29 is 22.7 Å². The van der Waals surface area contributed by atoms with Crippen LogP contribution < -0.4 is 14.8 Å². The summed E-state index contributed by atoms with van der Waals surface area (Å²) in [6, 6.07) is 2.43. The Morgan fingerprint density at radius 3 is 2.68 bits per heavy atom. The molecule has 1 N–H and O–H groups in total. The van der Waals surface area contributed by atoms with Crippen LogP contribution >= 0.6 is 10.7 Å². The Hall–Kier alpha value is -1.47. The average Bonchev–Trinajstić information content (AvgIpc) is 2.36. The van der Waals surface area contributed by atoms with Crippen LogP contribution in [0.1, 0.15) is 17.3 Å². The summed E-state index contributed by atoms with van der Waals surface area (Å²) in [5, 5.41) is 2.58. The fourth-order valence-corrected chi connectivity index (χ4v) is 2.47. The highest BCUT2D eigenvalue weighted by Crippen LogP contribution is 2.37. The summed E-state index contributed by atoms with van der Waals surface area (Å²) in [5.74, 6) is 0.00177. The summed E-state index contributed by atoms with van der Waals surface area (Å²) in [5.41, 5.74) is 0.0956. The van der Waals surface area contributed by atoms with Crippen molar-refractivity contribution in [1.29, 1.82) is 0 Å². The maximum atomic E-state index is 11.9. The summed E-state index contributed by atoms with van der Waals surface area (Å²) in [4.78, 5) is 11.7. The molecule has 1 aliphatic heterocycles. The van der Waals surface area contributed by atoms with E-state index in [4.69, 9.17) is 20.2 Å². The lowest BCUT2D eigenvalue weighted by molar-refractivity contribution is 0.0944. The zero-order chi connectivity index (χ0) is 14.0. The number of rotatable bonds is 3. The molecule has 6 nitrogen and oxygen atoms in total. The molecular weight excluding hydrogens is 294 g/mol. The topological polar surface area (TPSA) is 81.7 Å². The van der Waals surface area contributed by atoms with Crippen molar-refractivity contribution in [3.05, 3.63) is 17.7 Å². The number of halogens is 1. The van der Waals surface area contributed by atoms with Crippen LogP contribution in [0.25, 0.3) is 0 Å². The molecule has 1 aliphatic rings. The van der Waals surface area contributed by atoms with Crippen LogP contribution in [-0.2, 0) is 9.05 Å². The molecule has 1 aromatic carbocycles. The summed E-state index contributed by atoms with van der Waals surface area (Å²) in [6.45, 7) is 2.75. The Bertz CT molecular complexity index is 614. The molecule has 104 valence electrons. The van der Waals surface area contributed by atoms with Gasteiger partial charge in [0.05, 0.1) is 10.5 Å². The van der Waals surface area contributed by atoms with Gasteiger partial charge in [0.25, 0.3) is 15.0 Å². The van der Waals surface area contributed by atoms with Gasteiger partial charge in [-0.3, -0.25) is 4.79 Å². The second kappa shape index (κ2) is 5.26. The second-order valence-electron chi connectivity index (χ2n) is 3.79. The van der Waals surface area contributed by atoms with E-state index < -0.39 is 15.0 Å². The van der Waals surface area contributed by atoms with Gasteiger partial charge in [-0.05, 0) is 13.0 Å². The Labute approximate surface area is 115 Å². The summed E-state index contributed by atoms with van der Waals surface area (Å²) in [7, 11) is 1.35. The highest BCUT2D eigenvalue weighted by atomic mass is 35.7. The molecule has 0 saturated carbocycles. The minimum Gasteiger partial charge on any atom is -0.486 e. The molecule has 1 aromatic rings. The van der Waals surface area contributed by atoms with E-state index in [-0.39, 0.29) is 28.6 Å². The van der Waals surface area contributed by atoms with Crippen LogP contribution in [0.15, 0.2) is 17.0 Å². The van der Waals surface area contributed by atoms with Crippen molar-refractivity contribution in [3.63, 3.8) is 0 Å². The van der Waals surface area contributed by atoms with Gasteiger partial charge in [0, 0.05) is 23.3 Å². The number of benzene rings is 1. The summed E-state index contributed by atoms with van der Waals surface area (Å²) >= 11 is 0. The van der Waals surface area contributed by atoms with E-state index in [9.17, 15) is 13.2 Å². The van der Waals surface area contributed by atoms with Crippen molar-refractivity contribution in [2.45, 2.75) is 11.8 Å². The monoisotopic (exact) mass is 305 g/mol. The fourth-order valence-electron chi connectivity index (χ4n) is 1.69. The first-order chi connectivity index (χ1) is 8.93. The Kier molecular flexibility index (Phi) is 3.86. The maximum Gasteiger partial charge on any atom is 0.261 e. The zero-order valence-corrected chi connectivity index (χ0v) is 11.7. The third-order valence-corrected chi connectivity index (χ3v) is 3.81. The number of carbonyl (C=O) groups is 1. The van der Waals surface area contributed by atoms with Crippen molar-refractivity contribution in [2.75, 3.05) is 19.8 Å². The molecular formula is C11H12ClNO5S. The average molecular weight is 306 g/mol.